The standard InChI is InChI=1S/C7H15NO2.C4H10/c1-7(2,3)6(10)8-4-5-9;1-4(2)3/h9H,4-5H2,1-3H3,(H,8,10);4H,1-3H3. The molecule has 0 aliphatic rings. The quantitative estimate of drug-likeness (QED) is 0.719. The number of hydrogen-bond donors (Lipinski definition) is 2. The van der Waals surface area contributed by atoms with E-state index in [2.05, 4.69) is 26.1 Å². The van der Waals surface area contributed by atoms with E-state index in [-0.39, 0.29) is 17.9 Å². The molecule has 0 rings (SSSR count). The van der Waals surface area contributed by atoms with Gasteiger partial charge in [-0.05, 0) is 5.92 Å². The van der Waals surface area contributed by atoms with Crippen molar-refractivity contribution in [1.82, 2.24) is 5.32 Å². The van der Waals surface area contributed by atoms with Gasteiger partial charge in [-0.1, -0.05) is 41.5 Å². The third-order valence-corrected chi connectivity index (χ3v) is 1.08. The highest BCUT2D eigenvalue weighted by Crippen LogP contribution is 2.11. The summed E-state index contributed by atoms with van der Waals surface area (Å²) in [5.41, 5.74) is -0.352. The van der Waals surface area contributed by atoms with Crippen molar-refractivity contribution in [3.8, 4) is 0 Å². The minimum absolute atomic E-state index is 0.00181. The molecule has 0 aliphatic carbocycles. The fourth-order valence-corrected chi connectivity index (χ4v) is 0.435. The molecule has 0 aliphatic heterocycles. The van der Waals surface area contributed by atoms with Crippen LogP contribution in [0, 0.1) is 11.3 Å². The van der Waals surface area contributed by atoms with Gasteiger partial charge in [-0.15, -0.1) is 0 Å². The molecule has 3 nitrogen and oxygen atoms in total. The van der Waals surface area contributed by atoms with Gasteiger partial charge in [0.15, 0.2) is 0 Å². The first kappa shape index (κ1) is 15.9. The van der Waals surface area contributed by atoms with Gasteiger partial charge in [0.2, 0.25) is 5.91 Å². The Morgan fingerprint density at radius 3 is 1.86 bits per heavy atom. The van der Waals surface area contributed by atoms with Crippen LogP contribution in [0.5, 0.6) is 0 Å². The van der Waals surface area contributed by atoms with Crippen molar-refractivity contribution in [2.24, 2.45) is 11.3 Å². The van der Waals surface area contributed by atoms with Crippen LogP contribution in [0.15, 0.2) is 0 Å². The summed E-state index contributed by atoms with van der Waals surface area (Å²) in [6.45, 7) is 12.3. The fraction of sp³-hybridized carbons (Fsp3) is 0.909. The number of rotatable bonds is 2. The van der Waals surface area contributed by atoms with E-state index >= 15 is 0 Å². The number of nitrogens with one attached hydrogen (secondary N) is 1. The molecule has 0 aromatic rings. The third kappa shape index (κ3) is 14.0. The molecule has 86 valence electrons. The summed E-state index contributed by atoms with van der Waals surface area (Å²) >= 11 is 0. The maximum absolute atomic E-state index is 11.0. The second kappa shape index (κ2) is 7.80. The molecule has 0 spiro atoms. The molecule has 1 amide bonds. The molecule has 14 heavy (non-hydrogen) atoms. The highest BCUT2D eigenvalue weighted by atomic mass is 16.3. The van der Waals surface area contributed by atoms with E-state index in [9.17, 15) is 4.79 Å². The van der Waals surface area contributed by atoms with Gasteiger partial charge < -0.3 is 10.4 Å². The molecule has 0 saturated carbocycles. The lowest BCUT2D eigenvalue weighted by atomic mass is 9.96. The Morgan fingerprint density at radius 1 is 1.29 bits per heavy atom. The number of aliphatic hydroxyl groups excluding tert-OH is 1. The van der Waals surface area contributed by atoms with E-state index < -0.39 is 0 Å². The van der Waals surface area contributed by atoms with Crippen molar-refractivity contribution >= 4 is 5.91 Å². The Balaban J connectivity index is 0. The summed E-state index contributed by atoms with van der Waals surface area (Å²) in [6, 6.07) is 0. The summed E-state index contributed by atoms with van der Waals surface area (Å²) in [5, 5.41) is 10.9. The van der Waals surface area contributed by atoms with Crippen LogP contribution < -0.4 is 5.32 Å². The first-order valence-corrected chi connectivity index (χ1v) is 5.11. The lowest BCUT2D eigenvalue weighted by Gasteiger charge is -2.16. The zero-order chi connectivity index (χ0) is 11.8. The van der Waals surface area contributed by atoms with E-state index in [1.807, 2.05) is 20.8 Å². The minimum atomic E-state index is -0.352. The van der Waals surface area contributed by atoms with E-state index in [4.69, 9.17) is 5.11 Å². The van der Waals surface area contributed by atoms with Gasteiger partial charge in [-0.2, -0.15) is 0 Å². The molecule has 0 saturated heterocycles. The van der Waals surface area contributed by atoms with Crippen LogP contribution in [0.3, 0.4) is 0 Å². The van der Waals surface area contributed by atoms with Gasteiger partial charge in [0, 0.05) is 12.0 Å². The van der Waals surface area contributed by atoms with Crippen molar-refractivity contribution in [3.63, 3.8) is 0 Å². The van der Waals surface area contributed by atoms with Gasteiger partial charge in [-0.25, -0.2) is 0 Å². The monoisotopic (exact) mass is 203 g/mol. The van der Waals surface area contributed by atoms with Gasteiger partial charge in [0.05, 0.1) is 6.61 Å². The van der Waals surface area contributed by atoms with Crippen molar-refractivity contribution in [3.05, 3.63) is 0 Å². The molecule has 0 atom stereocenters. The Bertz CT molecular complexity index is 145. The Kier molecular flexibility index (Phi) is 8.85. The zero-order valence-electron chi connectivity index (χ0n) is 10.3. The Hall–Kier alpha value is -0.570. The normalized spacial score (nSPS) is 10.6. The second-order valence-electron chi connectivity index (χ2n) is 4.96. The first-order valence-electron chi connectivity index (χ1n) is 5.11. The van der Waals surface area contributed by atoms with Gasteiger partial charge >= 0.3 is 0 Å². The lowest BCUT2D eigenvalue weighted by Crippen LogP contribution is -2.36. The van der Waals surface area contributed by atoms with Crippen LogP contribution in [-0.2, 0) is 4.79 Å². The van der Waals surface area contributed by atoms with Crippen LogP contribution in [-0.4, -0.2) is 24.2 Å². The largest absolute Gasteiger partial charge is 0.395 e. The highest BCUT2D eigenvalue weighted by molar-refractivity contribution is 5.81. The molecule has 0 heterocycles. The minimum Gasteiger partial charge on any atom is -0.395 e. The molecule has 0 unspecified atom stereocenters. The van der Waals surface area contributed by atoms with Crippen molar-refractivity contribution < 1.29 is 9.90 Å². The Morgan fingerprint density at radius 2 is 1.64 bits per heavy atom. The molecule has 0 aromatic heterocycles. The summed E-state index contributed by atoms with van der Waals surface area (Å²) < 4.78 is 0. The maximum Gasteiger partial charge on any atom is 0.225 e. The summed E-state index contributed by atoms with van der Waals surface area (Å²) in [6.07, 6.45) is 0. The molecular weight excluding hydrogens is 178 g/mol. The first-order chi connectivity index (χ1) is 6.21. The van der Waals surface area contributed by atoms with E-state index in [1.54, 1.807) is 0 Å². The number of aliphatic hydroxyl groups is 1. The number of amides is 1. The van der Waals surface area contributed by atoms with Crippen LogP contribution in [0.4, 0.5) is 0 Å². The molecule has 0 aromatic carbocycles. The smallest absolute Gasteiger partial charge is 0.225 e. The van der Waals surface area contributed by atoms with Crippen LogP contribution in [0.25, 0.3) is 0 Å². The van der Waals surface area contributed by atoms with Crippen LogP contribution in [0.1, 0.15) is 41.5 Å². The summed E-state index contributed by atoms with van der Waals surface area (Å²) in [7, 11) is 0. The Labute approximate surface area is 87.9 Å². The summed E-state index contributed by atoms with van der Waals surface area (Å²) in [4.78, 5) is 11.0. The lowest BCUT2D eigenvalue weighted by molar-refractivity contribution is -0.128. The van der Waals surface area contributed by atoms with Crippen molar-refractivity contribution in [1.29, 1.82) is 0 Å². The van der Waals surface area contributed by atoms with E-state index in [0.29, 0.717) is 6.54 Å². The van der Waals surface area contributed by atoms with Gasteiger partial charge in [0.1, 0.15) is 0 Å². The molecule has 0 fully saturated rings. The summed E-state index contributed by atoms with van der Waals surface area (Å²) in [5.74, 6) is 0.807. The number of hydrogen-bond acceptors (Lipinski definition) is 2. The fourth-order valence-electron chi connectivity index (χ4n) is 0.435. The zero-order valence-corrected chi connectivity index (χ0v) is 10.3. The van der Waals surface area contributed by atoms with E-state index in [0.717, 1.165) is 5.92 Å². The van der Waals surface area contributed by atoms with E-state index in [1.165, 1.54) is 0 Å². The van der Waals surface area contributed by atoms with Crippen molar-refractivity contribution in [2.75, 3.05) is 13.2 Å². The van der Waals surface area contributed by atoms with Gasteiger partial charge in [0.25, 0.3) is 0 Å². The second-order valence-corrected chi connectivity index (χ2v) is 4.96. The third-order valence-electron chi connectivity index (χ3n) is 1.08. The number of carbonyl (C=O) groups excluding carboxylic acids is 1. The molecule has 2 N–H and O–H groups in total. The molecule has 3 heteroatoms. The average molecular weight is 203 g/mol. The molecule has 0 bridgehead atoms. The van der Waals surface area contributed by atoms with Gasteiger partial charge in [-0.3, -0.25) is 4.79 Å². The average Bonchev–Trinajstić information content (AvgIpc) is 1.97. The molecule has 0 radical (unpaired) electrons. The van der Waals surface area contributed by atoms with Crippen molar-refractivity contribution in [2.45, 2.75) is 41.5 Å². The maximum atomic E-state index is 11.0. The number of carbonyl (C=O) groups is 1. The van der Waals surface area contributed by atoms with Crippen LogP contribution >= 0.6 is 0 Å². The highest BCUT2D eigenvalue weighted by Gasteiger charge is 2.19. The predicted molar refractivity (Wildman–Crippen MR) is 60.1 cm³/mol. The SMILES string of the molecule is CC(C)(C)C(=O)NCCO.CC(C)C. The van der Waals surface area contributed by atoms with Crippen LogP contribution in [0.2, 0.25) is 0 Å². The molecular formula is C11H25NO2. The predicted octanol–water partition coefficient (Wildman–Crippen LogP) is 1.80. The topological polar surface area (TPSA) is 49.3 Å².